The second kappa shape index (κ2) is 6.75. The predicted octanol–water partition coefficient (Wildman–Crippen LogP) is 3.33. The Morgan fingerprint density at radius 1 is 1.47 bits per heavy atom. The number of hydrogen-bond acceptors (Lipinski definition) is 3. The van der Waals surface area contributed by atoms with Crippen LogP contribution < -0.4 is 5.32 Å². The van der Waals surface area contributed by atoms with Crippen molar-refractivity contribution >= 4 is 27.5 Å². The zero-order valence-electron chi connectivity index (χ0n) is 10.7. The van der Waals surface area contributed by atoms with Gasteiger partial charge in [0.25, 0.3) is 0 Å². The summed E-state index contributed by atoms with van der Waals surface area (Å²) < 4.78 is 0.566. The fraction of sp³-hybridized carbons (Fsp3) is 0.429. The Balaban J connectivity index is 2.32. The number of nitrogens with zero attached hydrogens (tertiary/aromatic N) is 1. The molecule has 0 radical (unpaired) electrons. The van der Waals surface area contributed by atoms with E-state index < -0.39 is 0 Å². The fourth-order valence-corrected chi connectivity index (χ4v) is 2.96. The minimum Gasteiger partial charge on any atom is -0.506 e. The maximum absolute atomic E-state index is 10.3. The van der Waals surface area contributed by atoms with E-state index in [-0.39, 0.29) is 11.8 Å². The van der Waals surface area contributed by atoms with Crippen LogP contribution in [0.15, 0.2) is 29.3 Å². The van der Waals surface area contributed by atoms with Gasteiger partial charge >= 0.3 is 0 Å². The lowest BCUT2D eigenvalue weighted by Crippen LogP contribution is -2.45. The topological polar surface area (TPSA) is 35.5 Å². The van der Waals surface area contributed by atoms with E-state index in [0.717, 1.165) is 38.2 Å². The van der Waals surface area contributed by atoms with Crippen molar-refractivity contribution in [2.75, 3.05) is 26.2 Å². The molecule has 3 nitrogen and oxygen atoms in total. The van der Waals surface area contributed by atoms with E-state index in [4.69, 9.17) is 11.6 Å². The molecule has 1 heterocycles. The number of benzene rings is 1. The summed E-state index contributed by atoms with van der Waals surface area (Å²) in [7, 11) is 0. The average Bonchev–Trinajstić information content (AvgIpc) is 2.44. The highest BCUT2D eigenvalue weighted by atomic mass is 79.9. The van der Waals surface area contributed by atoms with Crippen LogP contribution in [-0.2, 0) is 0 Å². The van der Waals surface area contributed by atoms with E-state index in [1.807, 2.05) is 18.2 Å². The summed E-state index contributed by atoms with van der Waals surface area (Å²) in [5.74, 6) is 0.234. The second-order valence-corrected chi connectivity index (χ2v) is 5.83. The molecule has 1 fully saturated rings. The van der Waals surface area contributed by atoms with Crippen molar-refractivity contribution in [3.05, 3.63) is 39.8 Å². The second-order valence-electron chi connectivity index (χ2n) is 4.63. The van der Waals surface area contributed by atoms with Gasteiger partial charge in [0, 0.05) is 37.8 Å². The number of halogens is 2. The zero-order valence-corrected chi connectivity index (χ0v) is 13.0. The smallest absolute Gasteiger partial charge is 0.136 e. The van der Waals surface area contributed by atoms with E-state index >= 15 is 0 Å². The molecule has 0 unspecified atom stereocenters. The third-order valence-corrected chi connectivity index (χ3v) is 4.79. The van der Waals surface area contributed by atoms with Gasteiger partial charge in [-0.1, -0.05) is 23.7 Å². The van der Waals surface area contributed by atoms with E-state index in [0.29, 0.717) is 9.50 Å². The van der Waals surface area contributed by atoms with E-state index in [1.54, 1.807) is 0 Å². The normalized spacial score (nSPS) is 18.2. The molecule has 1 atom stereocenters. The van der Waals surface area contributed by atoms with Crippen molar-refractivity contribution in [1.29, 1.82) is 0 Å². The Bertz CT molecular complexity index is 461. The molecule has 2 N–H and O–H groups in total. The monoisotopic (exact) mass is 344 g/mol. The van der Waals surface area contributed by atoms with Crippen molar-refractivity contribution < 1.29 is 5.11 Å². The third kappa shape index (κ3) is 3.31. The van der Waals surface area contributed by atoms with Crippen LogP contribution in [0.25, 0.3) is 0 Å². The molecule has 1 saturated heterocycles. The first-order valence-electron chi connectivity index (χ1n) is 6.37. The number of piperazine rings is 1. The van der Waals surface area contributed by atoms with Crippen molar-refractivity contribution in [3.8, 4) is 5.75 Å². The lowest BCUT2D eigenvalue weighted by molar-refractivity contribution is 0.172. The maximum atomic E-state index is 10.3. The summed E-state index contributed by atoms with van der Waals surface area (Å²) in [6.07, 6.45) is 2.70. The highest BCUT2D eigenvalue weighted by Crippen LogP contribution is 2.40. The molecule has 1 aromatic rings. The average molecular weight is 346 g/mol. The quantitative estimate of drug-likeness (QED) is 0.822. The largest absolute Gasteiger partial charge is 0.506 e. The molecular formula is C14H18BrClN2O. The Morgan fingerprint density at radius 3 is 2.79 bits per heavy atom. The fourth-order valence-electron chi connectivity index (χ4n) is 2.45. The number of hydrogen-bond donors (Lipinski definition) is 2. The summed E-state index contributed by atoms with van der Waals surface area (Å²) in [5.41, 5.74) is 0.901. The lowest BCUT2D eigenvalue weighted by Gasteiger charge is -2.35. The van der Waals surface area contributed by atoms with Crippen LogP contribution in [0.5, 0.6) is 5.75 Å². The summed E-state index contributed by atoms with van der Waals surface area (Å²) in [4.78, 5) is 2.37. The van der Waals surface area contributed by atoms with E-state index in [2.05, 4.69) is 32.7 Å². The van der Waals surface area contributed by atoms with Crippen molar-refractivity contribution in [3.63, 3.8) is 0 Å². The van der Waals surface area contributed by atoms with Crippen molar-refractivity contribution in [2.45, 2.75) is 12.5 Å². The van der Waals surface area contributed by atoms with Gasteiger partial charge in [0.1, 0.15) is 5.75 Å². The molecule has 0 saturated carbocycles. The predicted molar refractivity (Wildman–Crippen MR) is 82.8 cm³/mol. The molecule has 0 aromatic heterocycles. The molecule has 0 amide bonds. The maximum Gasteiger partial charge on any atom is 0.136 e. The van der Waals surface area contributed by atoms with Gasteiger partial charge in [-0.2, -0.15) is 0 Å². The molecule has 19 heavy (non-hydrogen) atoms. The van der Waals surface area contributed by atoms with Gasteiger partial charge in [-0.05, 0) is 28.4 Å². The number of phenolic OH excluding ortho intramolecular Hbond substituents is 1. The third-order valence-electron chi connectivity index (χ3n) is 3.44. The number of nitrogens with one attached hydrogen (secondary N) is 1. The number of phenols is 1. The van der Waals surface area contributed by atoms with Crippen molar-refractivity contribution in [1.82, 2.24) is 10.2 Å². The van der Waals surface area contributed by atoms with E-state index in [1.165, 1.54) is 0 Å². The number of aromatic hydroxyl groups is 1. The molecule has 0 spiro atoms. The van der Waals surface area contributed by atoms with Crippen LogP contribution in [0.3, 0.4) is 0 Å². The Kier molecular flexibility index (Phi) is 5.28. The van der Waals surface area contributed by atoms with Crippen LogP contribution >= 0.6 is 27.5 Å². The Morgan fingerprint density at radius 2 is 2.16 bits per heavy atom. The molecule has 5 heteroatoms. The van der Waals surface area contributed by atoms with Crippen LogP contribution in [0, 0.1) is 0 Å². The number of rotatable bonds is 4. The Hall–Kier alpha value is -0.550. The van der Waals surface area contributed by atoms with Gasteiger partial charge in [0.05, 0.1) is 9.50 Å². The summed E-state index contributed by atoms with van der Waals surface area (Å²) in [6.45, 7) is 7.72. The molecule has 2 rings (SSSR count). The highest BCUT2D eigenvalue weighted by molar-refractivity contribution is 9.10. The van der Waals surface area contributed by atoms with Gasteiger partial charge in [-0.3, -0.25) is 4.90 Å². The van der Waals surface area contributed by atoms with Crippen LogP contribution in [0.4, 0.5) is 0 Å². The van der Waals surface area contributed by atoms with Crippen LogP contribution in [-0.4, -0.2) is 36.2 Å². The summed E-state index contributed by atoms with van der Waals surface area (Å²) in [5, 5.41) is 14.2. The molecule has 1 aromatic carbocycles. The molecule has 1 aliphatic rings. The van der Waals surface area contributed by atoms with Gasteiger partial charge in [0.2, 0.25) is 0 Å². The molecule has 1 aliphatic heterocycles. The van der Waals surface area contributed by atoms with E-state index in [9.17, 15) is 5.11 Å². The first-order valence-corrected chi connectivity index (χ1v) is 7.54. The summed E-state index contributed by atoms with van der Waals surface area (Å²) >= 11 is 9.34. The Labute approximate surface area is 127 Å². The molecule has 0 bridgehead atoms. The van der Waals surface area contributed by atoms with Crippen LogP contribution in [0.2, 0.25) is 5.02 Å². The van der Waals surface area contributed by atoms with Gasteiger partial charge in [-0.25, -0.2) is 0 Å². The lowest BCUT2D eigenvalue weighted by atomic mass is 10.00. The van der Waals surface area contributed by atoms with Crippen LogP contribution in [0.1, 0.15) is 18.0 Å². The van der Waals surface area contributed by atoms with Crippen molar-refractivity contribution in [2.24, 2.45) is 0 Å². The standard InChI is InChI=1S/C14H18BrClN2O/c1-2-3-12(18-8-6-17-7-9-18)10-4-5-11(16)13(15)14(10)19/h2,4-5,12,17,19H,1,3,6-9H2/t12-/m0/s1. The molecule has 104 valence electrons. The first kappa shape index (κ1) is 14.9. The highest BCUT2D eigenvalue weighted by Gasteiger charge is 2.24. The minimum atomic E-state index is 0.146. The zero-order chi connectivity index (χ0) is 13.8. The molecule has 0 aliphatic carbocycles. The van der Waals surface area contributed by atoms with Gasteiger partial charge in [0.15, 0.2) is 0 Å². The minimum absolute atomic E-state index is 0.146. The first-order chi connectivity index (χ1) is 9.15. The van der Waals surface area contributed by atoms with Gasteiger partial charge in [-0.15, -0.1) is 6.58 Å². The van der Waals surface area contributed by atoms with Gasteiger partial charge < -0.3 is 10.4 Å². The summed E-state index contributed by atoms with van der Waals surface area (Å²) in [6, 6.07) is 3.87. The SMILES string of the molecule is C=CC[C@@H](c1ccc(Cl)c(Br)c1O)N1CCNCC1. The molecular weight excluding hydrogens is 328 g/mol.